The van der Waals surface area contributed by atoms with Crippen LogP contribution in [0.4, 0.5) is 0 Å². The minimum absolute atomic E-state index is 0.300. The number of fused-ring (bicyclic) bond motifs is 3. The van der Waals surface area contributed by atoms with Crippen LogP contribution in [0.2, 0.25) is 5.02 Å². The van der Waals surface area contributed by atoms with Gasteiger partial charge in [0.15, 0.2) is 0 Å². The van der Waals surface area contributed by atoms with Crippen molar-refractivity contribution in [1.29, 1.82) is 0 Å². The lowest BCUT2D eigenvalue weighted by atomic mass is 9.99. The van der Waals surface area contributed by atoms with E-state index in [2.05, 4.69) is 51.9 Å². The molecule has 1 aliphatic heterocycles. The molecule has 0 fully saturated rings. The second-order valence-corrected chi connectivity index (χ2v) is 8.36. The molecule has 0 saturated carbocycles. The Morgan fingerprint density at radius 3 is 2.61 bits per heavy atom. The molecule has 1 aliphatic rings. The summed E-state index contributed by atoms with van der Waals surface area (Å²) in [6.45, 7) is 3.66. The summed E-state index contributed by atoms with van der Waals surface area (Å²) in [7, 11) is 1.41. The lowest BCUT2D eigenvalue weighted by molar-refractivity contribution is 0.0601. The number of carbonyl (C=O) groups excluding carboxylic acids is 1. The maximum Gasteiger partial charge on any atom is 0.337 e. The molecule has 3 aromatic carbocycles. The van der Waals surface area contributed by atoms with Gasteiger partial charge in [0.2, 0.25) is 0 Å². The summed E-state index contributed by atoms with van der Waals surface area (Å²) in [5.74, 6) is -0.300. The van der Waals surface area contributed by atoms with Crippen LogP contribution in [-0.2, 0) is 24.4 Å². The number of halogens is 1. The Kier molecular flexibility index (Phi) is 5.26. The van der Waals surface area contributed by atoms with E-state index >= 15 is 0 Å². The number of aromatic nitrogens is 1. The third-order valence-corrected chi connectivity index (χ3v) is 6.25. The molecule has 0 atom stereocenters. The van der Waals surface area contributed by atoms with Crippen molar-refractivity contribution in [3.63, 3.8) is 0 Å². The second-order valence-electron chi connectivity index (χ2n) is 7.93. The van der Waals surface area contributed by atoms with Gasteiger partial charge in [-0.2, -0.15) is 0 Å². The molecule has 0 saturated heterocycles. The average molecular weight is 431 g/mol. The molecule has 0 aliphatic carbocycles. The molecule has 2 heterocycles. The third kappa shape index (κ3) is 3.85. The highest BCUT2D eigenvalue weighted by atomic mass is 35.5. The Labute approximate surface area is 186 Å². The van der Waals surface area contributed by atoms with Gasteiger partial charge in [0, 0.05) is 47.8 Å². The number of hydrogen-bond donors (Lipinski definition) is 0. The number of benzene rings is 3. The van der Waals surface area contributed by atoms with Gasteiger partial charge in [-0.15, -0.1) is 0 Å². The topological polar surface area (TPSA) is 34.5 Å². The molecule has 0 bridgehead atoms. The molecule has 4 aromatic rings. The van der Waals surface area contributed by atoms with E-state index in [0.717, 1.165) is 36.6 Å². The second kappa shape index (κ2) is 8.22. The zero-order chi connectivity index (χ0) is 21.4. The smallest absolute Gasteiger partial charge is 0.337 e. The van der Waals surface area contributed by atoms with Crippen molar-refractivity contribution >= 4 is 28.5 Å². The Bertz CT molecular complexity index is 1260. The lowest BCUT2D eigenvalue weighted by Crippen LogP contribution is -2.33. The molecule has 1 aromatic heterocycles. The quantitative estimate of drug-likeness (QED) is 0.386. The molecule has 0 radical (unpaired) electrons. The molecular weight excluding hydrogens is 408 g/mol. The highest BCUT2D eigenvalue weighted by Gasteiger charge is 2.20. The van der Waals surface area contributed by atoms with Crippen molar-refractivity contribution in [3.05, 3.63) is 94.6 Å². The molecule has 0 spiro atoms. The van der Waals surface area contributed by atoms with Crippen molar-refractivity contribution in [3.8, 4) is 11.1 Å². The first-order valence-corrected chi connectivity index (χ1v) is 10.8. The van der Waals surface area contributed by atoms with Crippen LogP contribution in [0.15, 0.2) is 72.8 Å². The van der Waals surface area contributed by atoms with E-state index in [9.17, 15) is 4.79 Å². The van der Waals surface area contributed by atoms with Crippen LogP contribution in [0.25, 0.3) is 22.0 Å². The number of methoxy groups -OCH3 is 1. The van der Waals surface area contributed by atoms with Crippen LogP contribution in [0.3, 0.4) is 0 Å². The number of carbonyl (C=O) groups is 1. The largest absolute Gasteiger partial charge is 0.465 e. The first-order chi connectivity index (χ1) is 15.1. The Morgan fingerprint density at radius 1 is 1.00 bits per heavy atom. The van der Waals surface area contributed by atoms with Gasteiger partial charge in [0.05, 0.1) is 12.7 Å². The summed E-state index contributed by atoms with van der Waals surface area (Å²) in [4.78, 5) is 14.4. The maximum absolute atomic E-state index is 11.9. The van der Waals surface area contributed by atoms with Crippen molar-refractivity contribution in [1.82, 2.24) is 9.47 Å². The fourth-order valence-electron chi connectivity index (χ4n) is 4.46. The minimum Gasteiger partial charge on any atom is -0.465 e. The van der Waals surface area contributed by atoms with Crippen LogP contribution in [0.1, 0.15) is 21.6 Å². The highest BCUT2D eigenvalue weighted by Crippen LogP contribution is 2.29. The van der Waals surface area contributed by atoms with Crippen molar-refractivity contribution in [2.24, 2.45) is 0 Å². The summed E-state index contributed by atoms with van der Waals surface area (Å²) in [5.41, 5.74) is 6.76. The van der Waals surface area contributed by atoms with Crippen LogP contribution in [0.5, 0.6) is 0 Å². The monoisotopic (exact) mass is 430 g/mol. The predicted molar refractivity (Wildman–Crippen MR) is 124 cm³/mol. The SMILES string of the molecule is COC(=O)c1ccc2c(c1)cc1n2CCN(Cc2ccccc2-c2ccc(Cl)cc2)C1. The summed E-state index contributed by atoms with van der Waals surface area (Å²) in [6, 6.07) is 24.6. The van der Waals surface area contributed by atoms with Crippen LogP contribution < -0.4 is 0 Å². The fraction of sp³-hybridized carbons (Fsp3) is 0.192. The van der Waals surface area contributed by atoms with Crippen LogP contribution in [-0.4, -0.2) is 29.1 Å². The van der Waals surface area contributed by atoms with Gasteiger partial charge in [-0.05, 0) is 53.1 Å². The number of ether oxygens (including phenoxy) is 1. The third-order valence-electron chi connectivity index (χ3n) is 6.00. The zero-order valence-electron chi connectivity index (χ0n) is 17.3. The van der Waals surface area contributed by atoms with Crippen LogP contribution in [0, 0.1) is 0 Å². The molecule has 0 amide bonds. The molecule has 4 nitrogen and oxygen atoms in total. The summed E-state index contributed by atoms with van der Waals surface area (Å²) < 4.78 is 7.22. The summed E-state index contributed by atoms with van der Waals surface area (Å²) in [6.07, 6.45) is 0. The first kappa shape index (κ1) is 19.9. The van der Waals surface area contributed by atoms with E-state index in [-0.39, 0.29) is 5.97 Å². The van der Waals surface area contributed by atoms with Gasteiger partial charge in [-0.3, -0.25) is 4.90 Å². The molecule has 5 heteroatoms. The summed E-state index contributed by atoms with van der Waals surface area (Å²) >= 11 is 6.08. The van der Waals surface area contributed by atoms with E-state index in [1.165, 1.54) is 35.0 Å². The number of nitrogens with zero attached hydrogens (tertiary/aromatic N) is 2. The standard InChI is InChI=1S/C26H23ClN2O2/c1-31-26(30)19-8-11-25-21(14-19)15-23-17-28(12-13-29(23)25)16-20-4-2-3-5-24(20)18-6-9-22(27)10-7-18/h2-11,14-15H,12-13,16-17H2,1H3. The Hall–Kier alpha value is -3.08. The van der Waals surface area contributed by atoms with Gasteiger partial charge >= 0.3 is 5.97 Å². The highest BCUT2D eigenvalue weighted by molar-refractivity contribution is 6.30. The molecular formula is C26H23ClN2O2. The van der Waals surface area contributed by atoms with Gasteiger partial charge in [0.1, 0.15) is 0 Å². The molecule has 0 unspecified atom stereocenters. The lowest BCUT2D eigenvalue weighted by Gasteiger charge is -2.29. The molecule has 156 valence electrons. The van der Waals surface area contributed by atoms with Gasteiger partial charge in [-0.25, -0.2) is 4.79 Å². The number of hydrogen-bond acceptors (Lipinski definition) is 3. The molecule has 5 rings (SSSR count). The van der Waals surface area contributed by atoms with E-state index in [1.807, 2.05) is 30.3 Å². The normalized spacial score (nSPS) is 13.9. The Morgan fingerprint density at radius 2 is 1.81 bits per heavy atom. The van der Waals surface area contributed by atoms with Gasteiger partial charge in [0.25, 0.3) is 0 Å². The molecule has 31 heavy (non-hydrogen) atoms. The van der Waals surface area contributed by atoms with Crippen LogP contribution >= 0.6 is 11.6 Å². The van der Waals surface area contributed by atoms with E-state index < -0.39 is 0 Å². The first-order valence-electron chi connectivity index (χ1n) is 10.4. The average Bonchev–Trinajstić information content (AvgIpc) is 3.16. The van der Waals surface area contributed by atoms with Crippen molar-refractivity contribution in [2.75, 3.05) is 13.7 Å². The zero-order valence-corrected chi connectivity index (χ0v) is 18.1. The van der Waals surface area contributed by atoms with Gasteiger partial charge < -0.3 is 9.30 Å². The number of rotatable bonds is 4. The Balaban J connectivity index is 1.40. The van der Waals surface area contributed by atoms with E-state index in [1.54, 1.807) is 0 Å². The van der Waals surface area contributed by atoms with Crippen molar-refractivity contribution < 1.29 is 9.53 Å². The molecule has 0 N–H and O–H groups in total. The number of esters is 1. The van der Waals surface area contributed by atoms with E-state index in [4.69, 9.17) is 16.3 Å². The van der Waals surface area contributed by atoms with Gasteiger partial charge in [-0.1, -0.05) is 48.0 Å². The predicted octanol–water partition coefficient (Wildman–Crippen LogP) is 5.76. The fourth-order valence-corrected chi connectivity index (χ4v) is 4.59. The minimum atomic E-state index is -0.300. The van der Waals surface area contributed by atoms with E-state index in [0.29, 0.717) is 5.56 Å². The summed E-state index contributed by atoms with van der Waals surface area (Å²) in [5, 5.41) is 1.83. The maximum atomic E-state index is 11.9. The van der Waals surface area contributed by atoms with Crippen molar-refractivity contribution in [2.45, 2.75) is 19.6 Å².